The summed E-state index contributed by atoms with van der Waals surface area (Å²) in [7, 11) is 0. The van der Waals surface area contributed by atoms with Gasteiger partial charge in [-0.2, -0.15) is 0 Å². The van der Waals surface area contributed by atoms with Gasteiger partial charge in [-0.15, -0.1) is 5.10 Å². The van der Waals surface area contributed by atoms with Gasteiger partial charge < -0.3 is 4.84 Å². The normalized spacial score (nSPS) is 10.8. The highest BCUT2D eigenvalue weighted by molar-refractivity contribution is 5.53. The van der Waals surface area contributed by atoms with Crippen LogP contribution in [0, 0.1) is 0 Å². The van der Waals surface area contributed by atoms with Gasteiger partial charge in [0.25, 0.3) is 0 Å². The van der Waals surface area contributed by atoms with Crippen LogP contribution in [0.1, 0.15) is 6.92 Å². The number of tetrazole rings is 1. The van der Waals surface area contributed by atoms with Gasteiger partial charge in [-0.1, -0.05) is 41.3 Å². The molecule has 0 bridgehead atoms. The third kappa shape index (κ3) is 2.25. The fourth-order valence-electron chi connectivity index (χ4n) is 1.23. The molecule has 0 aliphatic heterocycles. The molecule has 0 aliphatic carbocycles. The largest absolute Gasteiger partial charge is 0.389 e. The van der Waals surface area contributed by atoms with Crippen LogP contribution in [0.5, 0.6) is 0 Å². The zero-order valence-corrected chi connectivity index (χ0v) is 8.95. The highest BCUT2D eigenvalue weighted by atomic mass is 16.7. The van der Waals surface area contributed by atoms with Gasteiger partial charge in [0.2, 0.25) is 5.82 Å². The average Bonchev–Trinajstić information content (AvgIpc) is 2.79. The lowest BCUT2D eigenvalue weighted by atomic mass is 10.2. The number of nitrogens with zero attached hydrogens (tertiary/aromatic N) is 4. The van der Waals surface area contributed by atoms with E-state index in [0.29, 0.717) is 12.4 Å². The predicted molar refractivity (Wildman–Crippen MR) is 59.5 cm³/mol. The first-order valence-corrected chi connectivity index (χ1v) is 5.00. The number of hydrogen-bond acceptors (Lipinski definition) is 4. The maximum Gasteiger partial charge on any atom is 0.222 e. The van der Waals surface area contributed by atoms with E-state index >= 15 is 0 Å². The van der Waals surface area contributed by atoms with E-state index in [4.69, 9.17) is 4.84 Å². The number of aromatic nitrogens is 4. The van der Waals surface area contributed by atoms with E-state index in [2.05, 4.69) is 15.5 Å². The zero-order chi connectivity index (χ0) is 11.2. The Labute approximate surface area is 93.3 Å². The van der Waals surface area contributed by atoms with E-state index in [9.17, 15) is 0 Å². The molecule has 1 heterocycles. The molecule has 0 aliphatic rings. The summed E-state index contributed by atoms with van der Waals surface area (Å²) < 4.78 is 0. The summed E-state index contributed by atoms with van der Waals surface area (Å²) in [5.41, 5.74) is 0.924. The van der Waals surface area contributed by atoms with Gasteiger partial charge in [0.1, 0.15) is 6.61 Å². The van der Waals surface area contributed by atoms with Crippen LogP contribution in [0.15, 0.2) is 42.5 Å². The molecule has 2 rings (SSSR count). The van der Waals surface area contributed by atoms with Crippen molar-refractivity contribution in [1.82, 2.24) is 20.4 Å². The van der Waals surface area contributed by atoms with E-state index in [-0.39, 0.29) is 0 Å². The first kappa shape index (κ1) is 10.4. The molecule has 0 radical (unpaired) electrons. The summed E-state index contributed by atoms with van der Waals surface area (Å²) in [4.78, 5) is 6.69. The molecule has 1 aromatic carbocycles. The van der Waals surface area contributed by atoms with Gasteiger partial charge in [0.15, 0.2) is 0 Å². The Balaban J connectivity index is 2.19. The third-order valence-electron chi connectivity index (χ3n) is 2.00. The van der Waals surface area contributed by atoms with Crippen LogP contribution in [-0.4, -0.2) is 27.0 Å². The molecule has 0 saturated carbocycles. The van der Waals surface area contributed by atoms with E-state index < -0.39 is 0 Å². The fourth-order valence-corrected chi connectivity index (χ4v) is 1.23. The monoisotopic (exact) mass is 216 g/mol. The maximum absolute atomic E-state index is 5.37. The number of hydrogen-bond donors (Lipinski definition) is 0. The van der Waals surface area contributed by atoms with Crippen molar-refractivity contribution >= 4 is 0 Å². The van der Waals surface area contributed by atoms with Crippen molar-refractivity contribution in [3.05, 3.63) is 42.5 Å². The smallest absolute Gasteiger partial charge is 0.222 e. The number of allylic oxidation sites excluding steroid dienone is 1. The van der Waals surface area contributed by atoms with Crippen molar-refractivity contribution in [3.8, 4) is 11.4 Å². The first-order valence-electron chi connectivity index (χ1n) is 5.00. The molecule has 0 fully saturated rings. The summed E-state index contributed by atoms with van der Waals surface area (Å²) in [5.74, 6) is 0.602. The highest BCUT2D eigenvalue weighted by Crippen LogP contribution is 2.13. The average molecular weight is 216 g/mol. The van der Waals surface area contributed by atoms with Crippen LogP contribution in [0.25, 0.3) is 11.4 Å². The summed E-state index contributed by atoms with van der Waals surface area (Å²) in [5, 5.41) is 11.3. The second-order valence-electron chi connectivity index (χ2n) is 3.11. The van der Waals surface area contributed by atoms with Crippen molar-refractivity contribution in [2.45, 2.75) is 6.92 Å². The summed E-state index contributed by atoms with van der Waals surface area (Å²) >= 11 is 0. The van der Waals surface area contributed by atoms with Gasteiger partial charge in [0.05, 0.1) is 0 Å². The van der Waals surface area contributed by atoms with Crippen molar-refractivity contribution in [3.63, 3.8) is 0 Å². The SMILES string of the molecule is C/C=C/COn1nnnc1-c1ccccc1. The van der Waals surface area contributed by atoms with Gasteiger partial charge in [-0.25, -0.2) is 0 Å². The van der Waals surface area contributed by atoms with E-state index in [0.717, 1.165) is 5.56 Å². The van der Waals surface area contributed by atoms with E-state index in [1.807, 2.05) is 49.4 Å². The fraction of sp³-hybridized carbons (Fsp3) is 0.182. The molecule has 5 nitrogen and oxygen atoms in total. The number of rotatable bonds is 4. The van der Waals surface area contributed by atoms with Crippen LogP contribution >= 0.6 is 0 Å². The Morgan fingerprint density at radius 2 is 2.12 bits per heavy atom. The van der Waals surface area contributed by atoms with Crippen molar-refractivity contribution in [1.29, 1.82) is 0 Å². The summed E-state index contributed by atoms with van der Waals surface area (Å²) in [6.07, 6.45) is 3.79. The lowest BCUT2D eigenvalue weighted by Gasteiger charge is -2.03. The van der Waals surface area contributed by atoms with Crippen LogP contribution in [0.4, 0.5) is 0 Å². The van der Waals surface area contributed by atoms with Crippen molar-refractivity contribution in [2.75, 3.05) is 6.61 Å². The van der Waals surface area contributed by atoms with Crippen LogP contribution in [-0.2, 0) is 0 Å². The molecule has 5 heteroatoms. The molecule has 1 aromatic heterocycles. The lowest BCUT2D eigenvalue weighted by Crippen LogP contribution is -2.14. The second-order valence-corrected chi connectivity index (χ2v) is 3.11. The highest BCUT2D eigenvalue weighted by Gasteiger charge is 2.08. The molecule has 0 atom stereocenters. The van der Waals surface area contributed by atoms with Crippen LogP contribution in [0.3, 0.4) is 0 Å². The molecule has 0 spiro atoms. The van der Waals surface area contributed by atoms with Gasteiger partial charge >= 0.3 is 0 Å². The standard InChI is InChI=1S/C11H12N4O/c1-2-3-9-16-15-11(12-13-14-15)10-7-5-4-6-8-10/h2-8H,9H2,1H3/b3-2+. The summed E-state index contributed by atoms with van der Waals surface area (Å²) in [6.45, 7) is 2.38. The Morgan fingerprint density at radius 3 is 2.88 bits per heavy atom. The van der Waals surface area contributed by atoms with Crippen LogP contribution in [0.2, 0.25) is 0 Å². The zero-order valence-electron chi connectivity index (χ0n) is 8.95. The van der Waals surface area contributed by atoms with Gasteiger partial charge in [-0.3, -0.25) is 0 Å². The molecule has 0 N–H and O–H groups in total. The lowest BCUT2D eigenvalue weighted by molar-refractivity contribution is 0.104. The van der Waals surface area contributed by atoms with Crippen molar-refractivity contribution in [2.24, 2.45) is 0 Å². The Hall–Kier alpha value is -2.17. The van der Waals surface area contributed by atoms with Crippen LogP contribution < -0.4 is 4.84 Å². The summed E-state index contributed by atoms with van der Waals surface area (Å²) in [6, 6.07) is 9.67. The van der Waals surface area contributed by atoms with Gasteiger partial charge in [-0.05, 0) is 23.4 Å². The molecule has 16 heavy (non-hydrogen) atoms. The quantitative estimate of drug-likeness (QED) is 0.724. The molecule has 0 amide bonds. The Morgan fingerprint density at radius 1 is 1.31 bits per heavy atom. The second kappa shape index (κ2) is 5.06. The topological polar surface area (TPSA) is 52.8 Å². The molecule has 0 saturated heterocycles. The number of benzene rings is 1. The molecule has 82 valence electrons. The minimum atomic E-state index is 0.446. The Bertz CT molecular complexity index is 464. The molecular formula is C11H12N4O. The minimum Gasteiger partial charge on any atom is -0.389 e. The van der Waals surface area contributed by atoms with Gasteiger partial charge in [0, 0.05) is 5.56 Å². The van der Waals surface area contributed by atoms with E-state index in [1.165, 1.54) is 4.85 Å². The van der Waals surface area contributed by atoms with E-state index in [1.54, 1.807) is 0 Å². The first-order chi connectivity index (χ1) is 7.92. The minimum absolute atomic E-state index is 0.446. The maximum atomic E-state index is 5.37. The third-order valence-corrected chi connectivity index (χ3v) is 2.00. The Kier molecular flexibility index (Phi) is 3.28. The molecular weight excluding hydrogens is 204 g/mol. The molecule has 0 unspecified atom stereocenters. The molecule has 2 aromatic rings. The van der Waals surface area contributed by atoms with Crippen molar-refractivity contribution < 1.29 is 4.84 Å². The predicted octanol–water partition coefficient (Wildman–Crippen LogP) is 1.34.